The first-order valence-electron chi connectivity index (χ1n) is 12.5. The van der Waals surface area contributed by atoms with Gasteiger partial charge in [-0.1, -0.05) is 38.0 Å². The molecule has 0 fully saturated rings. The van der Waals surface area contributed by atoms with E-state index in [4.69, 9.17) is 14.2 Å². The zero-order chi connectivity index (χ0) is 27.7. The van der Waals surface area contributed by atoms with Crippen molar-refractivity contribution >= 4 is 48.7 Å². The van der Waals surface area contributed by atoms with E-state index < -0.39 is 10.0 Å². The maximum absolute atomic E-state index is 13.3. The summed E-state index contributed by atoms with van der Waals surface area (Å²) < 4.78 is 44.9. The quantitative estimate of drug-likeness (QED) is 0.257. The van der Waals surface area contributed by atoms with E-state index in [0.717, 1.165) is 25.7 Å². The number of carbonyl (C=O) groups excluding carboxylic acids is 1. The molecule has 3 rings (SSSR count). The molecule has 1 amide bonds. The average Bonchev–Trinajstić information content (AvgIpc) is 3.32. The molecular weight excluding hydrogens is 526 g/mol. The van der Waals surface area contributed by atoms with Crippen molar-refractivity contribution < 1.29 is 27.4 Å². The largest absolute Gasteiger partial charge is 0.493 e. The van der Waals surface area contributed by atoms with Gasteiger partial charge >= 0.3 is 0 Å². The summed E-state index contributed by atoms with van der Waals surface area (Å²) in [7, 11) is 0.946. The number of nitrogens with zero attached hydrogens (tertiary/aromatic N) is 2. The van der Waals surface area contributed by atoms with Gasteiger partial charge in [-0.3, -0.25) is 10.1 Å². The standard InChI is InChI=1S/C27H35N3O6S2/c1-6-8-14-30(15-9-7-2)38(32,33)20-11-12-21-24(18-20)37-27(28-21)29-25(31)13-10-19-16-22(34-3)26(36-5)23(17-19)35-4/h10-13,16-18H,6-9,14-15H2,1-5H3,(H,28,29,31). The molecule has 0 unspecified atom stereocenters. The molecule has 9 nitrogen and oxygen atoms in total. The number of benzene rings is 2. The molecule has 2 aromatic carbocycles. The first kappa shape index (κ1) is 29.4. The number of amides is 1. The van der Waals surface area contributed by atoms with Crippen molar-refractivity contribution in [2.75, 3.05) is 39.7 Å². The average molecular weight is 562 g/mol. The third kappa shape index (κ3) is 7.03. The highest BCUT2D eigenvalue weighted by Gasteiger charge is 2.24. The van der Waals surface area contributed by atoms with E-state index in [2.05, 4.69) is 10.3 Å². The fraction of sp³-hybridized carbons (Fsp3) is 0.407. The number of hydrogen-bond donors (Lipinski definition) is 1. The van der Waals surface area contributed by atoms with Crippen molar-refractivity contribution in [3.63, 3.8) is 0 Å². The molecule has 0 aliphatic heterocycles. The predicted molar refractivity (Wildman–Crippen MR) is 152 cm³/mol. The number of rotatable bonds is 14. The van der Waals surface area contributed by atoms with Gasteiger partial charge in [-0.25, -0.2) is 13.4 Å². The summed E-state index contributed by atoms with van der Waals surface area (Å²) in [6, 6.07) is 8.36. The molecule has 3 aromatic rings. The summed E-state index contributed by atoms with van der Waals surface area (Å²) in [6.07, 6.45) is 6.46. The number of hydrogen-bond acceptors (Lipinski definition) is 8. The van der Waals surface area contributed by atoms with Crippen LogP contribution in [-0.2, 0) is 14.8 Å². The lowest BCUT2D eigenvalue weighted by Gasteiger charge is -2.21. The van der Waals surface area contributed by atoms with Crippen LogP contribution in [-0.4, -0.2) is 58.0 Å². The van der Waals surface area contributed by atoms with E-state index in [1.807, 2.05) is 13.8 Å². The van der Waals surface area contributed by atoms with E-state index in [1.165, 1.54) is 38.7 Å². The van der Waals surface area contributed by atoms with Crippen LogP contribution in [0.5, 0.6) is 17.2 Å². The Labute approximate surface area is 228 Å². The smallest absolute Gasteiger partial charge is 0.250 e. The van der Waals surface area contributed by atoms with Crippen LogP contribution >= 0.6 is 11.3 Å². The number of ether oxygens (including phenoxy) is 3. The second-order valence-electron chi connectivity index (χ2n) is 8.54. The number of fused-ring (bicyclic) bond motifs is 1. The topological polar surface area (TPSA) is 107 Å². The minimum atomic E-state index is -3.62. The van der Waals surface area contributed by atoms with E-state index >= 15 is 0 Å². The monoisotopic (exact) mass is 561 g/mol. The number of aromatic nitrogens is 1. The molecule has 0 atom stereocenters. The van der Waals surface area contributed by atoms with Crippen molar-refractivity contribution in [1.29, 1.82) is 0 Å². The number of thiazole rings is 1. The van der Waals surface area contributed by atoms with Gasteiger partial charge in [0.1, 0.15) is 0 Å². The molecule has 1 heterocycles. The second kappa shape index (κ2) is 13.6. The van der Waals surface area contributed by atoms with Gasteiger partial charge in [0.2, 0.25) is 21.7 Å². The van der Waals surface area contributed by atoms with Gasteiger partial charge in [0.05, 0.1) is 36.4 Å². The van der Waals surface area contributed by atoms with Crippen LogP contribution in [0.2, 0.25) is 0 Å². The molecule has 0 aliphatic carbocycles. The van der Waals surface area contributed by atoms with Crippen LogP contribution in [0.4, 0.5) is 5.13 Å². The van der Waals surface area contributed by atoms with Gasteiger partial charge in [-0.05, 0) is 54.8 Å². The molecule has 0 spiro atoms. The zero-order valence-electron chi connectivity index (χ0n) is 22.4. The summed E-state index contributed by atoms with van der Waals surface area (Å²) in [6.45, 7) is 5.09. The number of carbonyl (C=O) groups is 1. The Hall–Kier alpha value is -3.15. The van der Waals surface area contributed by atoms with Gasteiger partial charge in [0.25, 0.3) is 0 Å². The highest BCUT2D eigenvalue weighted by atomic mass is 32.2. The van der Waals surface area contributed by atoms with Crippen LogP contribution in [0, 0.1) is 0 Å². The van der Waals surface area contributed by atoms with Gasteiger partial charge in [-0.15, -0.1) is 0 Å². The Morgan fingerprint density at radius 1 is 1.00 bits per heavy atom. The molecule has 0 radical (unpaired) electrons. The summed E-state index contributed by atoms with van der Waals surface area (Å²) in [5, 5.41) is 3.13. The van der Waals surface area contributed by atoms with E-state index in [-0.39, 0.29) is 10.8 Å². The van der Waals surface area contributed by atoms with Crippen molar-refractivity contribution in [1.82, 2.24) is 9.29 Å². The lowest BCUT2D eigenvalue weighted by molar-refractivity contribution is -0.111. The maximum atomic E-state index is 13.3. The van der Waals surface area contributed by atoms with Crippen molar-refractivity contribution in [3.8, 4) is 17.2 Å². The van der Waals surface area contributed by atoms with E-state index in [1.54, 1.807) is 40.7 Å². The van der Waals surface area contributed by atoms with Crippen LogP contribution in [0.25, 0.3) is 16.3 Å². The lowest BCUT2D eigenvalue weighted by atomic mass is 10.1. The van der Waals surface area contributed by atoms with Gasteiger partial charge < -0.3 is 14.2 Å². The van der Waals surface area contributed by atoms with E-state index in [0.29, 0.717) is 51.2 Å². The lowest BCUT2D eigenvalue weighted by Crippen LogP contribution is -2.33. The van der Waals surface area contributed by atoms with Crippen molar-refractivity contribution in [3.05, 3.63) is 42.0 Å². The summed E-state index contributed by atoms with van der Waals surface area (Å²) in [4.78, 5) is 17.3. The Balaban J connectivity index is 1.78. The van der Waals surface area contributed by atoms with E-state index in [9.17, 15) is 13.2 Å². The number of anilines is 1. The van der Waals surface area contributed by atoms with Crippen LogP contribution in [0.15, 0.2) is 41.3 Å². The SMILES string of the molecule is CCCCN(CCCC)S(=O)(=O)c1ccc2nc(NC(=O)C=Cc3cc(OC)c(OC)c(OC)c3)sc2c1. The Morgan fingerprint density at radius 2 is 1.63 bits per heavy atom. The van der Waals surface area contributed by atoms with Crippen LogP contribution in [0.1, 0.15) is 45.1 Å². The Kier molecular flexibility index (Phi) is 10.5. The molecule has 0 bridgehead atoms. The fourth-order valence-electron chi connectivity index (χ4n) is 3.81. The molecule has 1 aromatic heterocycles. The molecule has 0 saturated carbocycles. The zero-order valence-corrected chi connectivity index (χ0v) is 24.1. The second-order valence-corrected chi connectivity index (χ2v) is 11.5. The van der Waals surface area contributed by atoms with Gasteiger partial charge in [0, 0.05) is 19.2 Å². The van der Waals surface area contributed by atoms with Crippen molar-refractivity contribution in [2.45, 2.75) is 44.4 Å². The Morgan fingerprint density at radius 3 is 2.18 bits per heavy atom. The third-order valence-electron chi connectivity index (χ3n) is 5.86. The number of unbranched alkanes of at least 4 members (excludes halogenated alkanes) is 2. The molecule has 0 aliphatic rings. The maximum Gasteiger partial charge on any atom is 0.250 e. The van der Waals surface area contributed by atoms with Crippen LogP contribution in [0.3, 0.4) is 0 Å². The molecule has 1 N–H and O–H groups in total. The Bertz CT molecular complexity index is 1350. The predicted octanol–water partition coefficient (Wildman–Crippen LogP) is 5.56. The minimum absolute atomic E-state index is 0.237. The summed E-state index contributed by atoms with van der Waals surface area (Å²) in [5.74, 6) is 1.04. The summed E-state index contributed by atoms with van der Waals surface area (Å²) in [5.41, 5.74) is 1.30. The van der Waals surface area contributed by atoms with Gasteiger partial charge in [0.15, 0.2) is 16.6 Å². The number of methoxy groups -OCH3 is 3. The first-order chi connectivity index (χ1) is 18.3. The highest BCUT2D eigenvalue weighted by molar-refractivity contribution is 7.89. The summed E-state index contributed by atoms with van der Waals surface area (Å²) >= 11 is 1.23. The molecule has 11 heteroatoms. The third-order valence-corrected chi connectivity index (χ3v) is 8.69. The molecular formula is C27H35N3O6S2. The number of nitrogens with one attached hydrogen (secondary N) is 1. The minimum Gasteiger partial charge on any atom is -0.493 e. The number of sulfonamides is 1. The normalized spacial score (nSPS) is 11.8. The fourth-order valence-corrected chi connectivity index (χ4v) is 6.33. The molecule has 0 saturated heterocycles. The van der Waals surface area contributed by atoms with Crippen molar-refractivity contribution in [2.24, 2.45) is 0 Å². The molecule has 38 heavy (non-hydrogen) atoms. The molecule has 206 valence electrons. The van der Waals surface area contributed by atoms with Crippen LogP contribution < -0.4 is 19.5 Å². The van der Waals surface area contributed by atoms with Gasteiger partial charge in [-0.2, -0.15) is 4.31 Å². The first-order valence-corrected chi connectivity index (χ1v) is 14.7. The highest BCUT2D eigenvalue weighted by Crippen LogP contribution is 2.38.